The maximum Gasteiger partial charge on any atom is 0.124 e. The highest BCUT2D eigenvalue weighted by molar-refractivity contribution is 9.10. The molecule has 0 radical (unpaired) electrons. The Hall–Kier alpha value is -1.19. The molecule has 3 heteroatoms. The minimum atomic E-state index is -0.702. The molecule has 1 nitrogen and oxygen atoms in total. The molecule has 20 heavy (non-hydrogen) atoms. The molecule has 2 rings (SSSR count). The third-order valence-electron chi connectivity index (χ3n) is 3.35. The standard InChI is InChI=1S/C17H18BrFO/c1-11(2)13-5-3-12(4-6-13)7-17(20)14-8-15(18)10-16(19)9-14/h3-6,8-11,17,20H,7H2,1-2H3. The van der Waals surface area contributed by atoms with Crippen LogP contribution in [-0.2, 0) is 6.42 Å². The van der Waals surface area contributed by atoms with E-state index in [4.69, 9.17) is 0 Å². The van der Waals surface area contributed by atoms with Crippen LogP contribution >= 0.6 is 15.9 Å². The molecule has 0 spiro atoms. The fraction of sp³-hybridized carbons (Fsp3) is 0.294. The van der Waals surface area contributed by atoms with Crippen molar-refractivity contribution in [3.63, 3.8) is 0 Å². The number of aliphatic hydroxyl groups excluding tert-OH is 1. The van der Waals surface area contributed by atoms with Gasteiger partial charge in [-0.2, -0.15) is 0 Å². The molecule has 0 aliphatic rings. The Labute approximate surface area is 127 Å². The second kappa shape index (κ2) is 6.51. The molecular formula is C17H18BrFO. The van der Waals surface area contributed by atoms with E-state index in [1.165, 1.54) is 17.7 Å². The summed E-state index contributed by atoms with van der Waals surface area (Å²) in [6.07, 6.45) is -0.222. The van der Waals surface area contributed by atoms with Crippen LogP contribution in [0.2, 0.25) is 0 Å². The van der Waals surface area contributed by atoms with Gasteiger partial charge >= 0.3 is 0 Å². The molecule has 0 saturated heterocycles. The zero-order chi connectivity index (χ0) is 14.7. The number of hydrogen-bond donors (Lipinski definition) is 1. The topological polar surface area (TPSA) is 20.2 Å². The maximum atomic E-state index is 13.3. The summed E-state index contributed by atoms with van der Waals surface area (Å²) >= 11 is 3.24. The minimum absolute atomic E-state index is 0.344. The Kier molecular flexibility index (Phi) is 4.95. The molecule has 0 aliphatic heterocycles. The van der Waals surface area contributed by atoms with Crippen LogP contribution in [-0.4, -0.2) is 5.11 Å². The molecule has 2 aromatic carbocycles. The second-order valence-electron chi connectivity index (χ2n) is 5.32. The Bertz CT molecular complexity index is 558. The van der Waals surface area contributed by atoms with Crippen LogP contribution in [0.5, 0.6) is 0 Å². The van der Waals surface area contributed by atoms with Crippen molar-refractivity contribution >= 4 is 15.9 Å². The van der Waals surface area contributed by atoms with E-state index in [9.17, 15) is 9.50 Å². The first-order chi connectivity index (χ1) is 9.45. The predicted octanol–water partition coefficient (Wildman–Crippen LogP) is 4.99. The van der Waals surface area contributed by atoms with Gasteiger partial charge < -0.3 is 5.11 Å². The van der Waals surface area contributed by atoms with Crippen molar-refractivity contribution in [2.45, 2.75) is 32.3 Å². The van der Waals surface area contributed by atoms with Crippen LogP contribution < -0.4 is 0 Å². The molecule has 0 saturated carbocycles. The lowest BCUT2D eigenvalue weighted by atomic mass is 9.97. The van der Waals surface area contributed by atoms with Crippen molar-refractivity contribution in [2.75, 3.05) is 0 Å². The summed E-state index contributed by atoms with van der Waals surface area (Å²) in [4.78, 5) is 0. The molecule has 0 aliphatic carbocycles. The number of benzene rings is 2. The zero-order valence-corrected chi connectivity index (χ0v) is 13.2. The first-order valence-corrected chi connectivity index (χ1v) is 7.48. The highest BCUT2D eigenvalue weighted by Gasteiger charge is 2.11. The number of hydrogen-bond acceptors (Lipinski definition) is 1. The predicted molar refractivity (Wildman–Crippen MR) is 83.3 cm³/mol. The normalized spacial score (nSPS) is 12.7. The molecule has 2 aromatic rings. The van der Waals surface area contributed by atoms with Gasteiger partial charge in [0.25, 0.3) is 0 Å². The zero-order valence-electron chi connectivity index (χ0n) is 11.6. The largest absolute Gasteiger partial charge is 0.388 e. The number of aliphatic hydroxyl groups is 1. The average Bonchev–Trinajstić information content (AvgIpc) is 2.38. The van der Waals surface area contributed by atoms with Crippen LogP contribution in [0.15, 0.2) is 46.9 Å². The van der Waals surface area contributed by atoms with Gasteiger partial charge in [0.05, 0.1) is 6.10 Å². The van der Waals surface area contributed by atoms with E-state index in [1.807, 2.05) is 12.1 Å². The molecule has 0 heterocycles. The lowest BCUT2D eigenvalue weighted by Crippen LogP contribution is -2.02. The Morgan fingerprint density at radius 3 is 2.25 bits per heavy atom. The van der Waals surface area contributed by atoms with Crippen molar-refractivity contribution in [3.8, 4) is 0 Å². The minimum Gasteiger partial charge on any atom is -0.388 e. The van der Waals surface area contributed by atoms with Gasteiger partial charge in [-0.25, -0.2) is 4.39 Å². The Balaban J connectivity index is 2.12. The van der Waals surface area contributed by atoms with E-state index in [2.05, 4.69) is 41.9 Å². The summed E-state index contributed by atoms with van der Waals surface area (Å²) in [6.45, 7) is 4.29. The summed E-state index contributed by atoms with van der Waals surface area (Å²) in [5.74, 6) is 0.150. The van der Waals surface area contributed by atoms with Gasteiger partial charge in [0, 0.05) is 10.9 Å². The molecule has 106 valence electrons. The Morgan fingerprint density at radius 1 is 1.05 bits per heavy atom. The van der Waals surface area contributed by atoms with Crippen LogP contribution in [0.1, 0.15) is 42.6 Å². The third kappa shape index (κ3) is 3.90. The van der Waals surface area contributed by atoms with Crippen molar-refractivity contribution in [1.82, 2.24) is 0 Å². The van der Waals surface area contributed by atoms with Crippen molar-refractivity contribution < 1.29 is 9.50 Å². The molecular weight excluding hydrogens is 319 g/mol. The molecule has 1 unspecified atom stereocenters. The van der Waals surface area contributed by atoms with Gasteiger partial charge in [0.1, 0.15) is 5.82 Å². The monoisotopic (exact) mass is 336 g/mol. The molecule has 1 atom stereocenters. The fourth-order valence-electron chi connectivity index (χ4n) is 2.15. The van der Waals surface area contributed by atoms with E-state index in [-0.39, 0.29) is 5.82 Å². The van der Waals surface area contributed by atoms with Crippen molar-refractivity contribution in [1.29, 1.82) is 0 Å². The average molecular weight is 337 g/mol. The maximum absolute atomic E-state index is 13.3. The van der Waals surface area contributed by atoms with Crippen LogP contribution in [0.4, 0.5) is 4.39 Å². The van der Waals surface area contributed by atoms with Crippen molar-refractivity contribution in [2.24, 2.45) is 0 Å². The van der Waals surface area contributed by atoms with E-state index < -0.39 is 6.10 Å². The summed E-state index contributed by atoms with van der Waals surface area (Å²) in [5.41, 5.74) is 2.91. The summed E-state index contributed by atoms with van der Waals surface area (Å²) < 4.78 is 14.0. The van der Waals surface area contributed by atoms with E-state index in [0.717, 1.165) is 5.56 Å². The van der Waals surface area contributed by atoms with Crippen LogP contribution in [0.3, 0.4) is 0 Å². The smallest absolute Gasteiger partial charge is 0.124 e. The summed E-state index contributed by atoms with van der Waals surface area (Å²) in [7, 11) is 0. The number of halogens is 2. The molecule has 0 amide bonds. The highest BCUT2D eigenvalue weighted by Crippen LogP contribution is 2.24. The van der Waals surface area contributed by atoms with Crippen LogP contribution in [0.25, 0.3) is 0 Å². The van der Waals surface area contributed by atoms with E-state index in [0.29, 0.717) is 22.4 Å². The first-order valence-electron chi connectivity index (χ1n) is 6.68. The molecule has 0 aromatic heterocycles. The van der Waals surface area contributed by atoms with Gasteiger partial charge in [-0.05, 0) is 40.8 Å². The highest BCUT2D eigenvalue weighted by atomic mass is 79.9. The van der Waals surface area contributed by atoms with E-state index >= 15 is 0 Å². The summed E-state index contributed by atoms with van der Waals surface area (Å²) in [6, 6.07) is 12.7. The fourth-order valence-corrected chi connectivity index (χ4v) is 2.63. The lowest BCUT2D eigenvalue weighted by Gasteiger charge is -2.13. The van der Waals surface area contributed by atoms with Crippen LogP contribution in [0, 0.1) is 5.82 Å². The Morgan fingerprint density at radius 2 is 1.70 bits per heavy atom. The molecule has 0 fully saturated rings. The molecule has 0 bridgehead atoms. The number of rotatable bonds is 4. The second-order valence-corrected chi connectivity index (χ2v) is 6.23. The van der Waals surface area contributed by atoms with Gasteiger partial charge in [-0.3, -0.25) is 0 Å². The summed E-state index contributed by atoms with van der Waals surface area (Å²) in [5, 5.41) is 10.2. The third-order valence-corrected chi connectivity index (χ3v) is 3.80. The van der Waals surface area contributed by atoms with Gasteiger partial charge in [-0.1, -0.05) is 54.0 Å². The molecule has 1 N–H and O–H groups in total. The van der Waals surface area contributed by atoms with Gasteiger partial charge in [-0.15, -0.1) is 0 Å². The lowest BCUT2D eigenvalue weighted by molar-refractivity contribution is 0.178. The van der Waals surface area contributed by atoms with E-state index in [1.54, 1.807) is 6.07 Å². The van der Waals surface area contributed by atoms with Gasteiger partial charge in [0.15, 0.2) is 0 Å². The van der Waals surface area contributed by atoms with Crippen molar-refractivity contribution in [3.05, 3.63) is 69.4 Å². The first kappa shape index (κ1) is 15.2. The SMILES string of the molecule is CC(C)c1ccc(CC(O)c2cc(F)cc(Br)c2)cc1. The van der Waals surface area contributed by atoms with Gasteiger partial charge in [0.2, 0.25) is 0 Å². The quantitative estimate of drug-likeness (QED) is 0.833.